The Labute approximate surface area is 136 Å². The fourth-order valence-electron chi connectivity index (χ4n) is 2.75. The molecule has 6 heteroatoms. The second kappa shape index (κ2) is 5.86. The van der Waals surface area contributed by atoms with E-state index in [9.17, 15) is 13.5 Å². The van der Waals surface area contributed by atoms with Gasteiger partial charge in [-0.3, -0.25) is 4.31 Å². The van der Waals surface area contributed by atoms with Gasteiger partial charge in [0.25, 0.3) is 10.0 Å². The van der Waals surface area contributed by atoms with E-state index in [1.807, 2.05) is 6.92 Å². The molecule has 1 N–H and O–H groups in total. The van der Waals surface area contributed by atoms with E-state index in [1.165, 1.54) is 11.4 Å². The maximum absolute atomic E-state index is 13.0. The fraction of sp³-hybridized carbons (Fsp3) is 0.294. The van der Waals surface area contributed by atoms with Gasteiger partial charge in [0.1, 0.15) is 5.75 Å². The molecule has 3 rings (SSSR count). The zero-order valence-electron chi connectivity index (χ0n) is 13.1. The quantitative estimate of drug-likeness (QED) is 0.934. The molecule has 0 aliphatic carbocycles. The summed E-state index contributed by atoms with van der Waals surface area (Å²) in [5.41, 5.74) is 2.35. The van der Waals surface area contributed by atoms with Crippen LogP contribution in [0.1, 0.15) is 11.1 Å². The van der Waals surface area contributed by atoms with E-state index < -0.39 is 16.1 Å². The highest BCUT2D eigenvalue weighted by atomic mass is 32.2. The smallest absolute Gasteiger partial charge is 0.264 e. The summed E-state index contributed by atoms with van der Waals surface area (Å²) >= 11 is 0. The van der Waals surface area contributed by atoms with E-state index in [2.05, 4.69) is 0 Å². The highest BCUT2D eigenvalue weighted by Gasteiger charge is 2.32. The number of ether oxygens (including phenoxy) is 1. The van der Waals surface area contributed by atoms with Crippen molar-refractivity contribution in [1.82, 2.24) is 0 Å². The van der Waals surface area contributed by atoms with Crippen LogP contribution in [0.25, 0.3) is 0 Å². The second-order valence-electron chi connectivity index (χ2n) is 5.70. The first-order chi connectivity index (χ1) is 10.9. The van der Waals surface area contributed by atoms with Crippen LogP contribution in [-0.4, -0.2) is 33.3 Å². The van der Waals surface area contributed by atoms with Gasteiger partial charge >= 0.3 is 0 Å². The highest BCUT2D eigenvalue weighted by Crippen LogP contribution is 2.34. The second-order valence-corrected chi connectivity index (χ2v) is 7.56. The summed E-state index contributed by atoms with van der Waals surface area (Å²) in [5.74, 6) is 0.587. The molecule has 23 heavy (non-hydrogen) atoms. The first-order valence-electron chi connectivity index (χ1n) is 7.36. The predicted molar refractivity (Wildman–Crippen MR) is 88.4 cm³/mol. The van der Waals surface area contributed by atoms with Gasteiger partial charge in [-0.2, -0.15) is 0 Å². The predicted octanol–water partition coefficient (Wildman–Crippen LogP) is 2.12. The largest absolute Gasteiger partial charge is 0.497 e. The van der Waals surface area contributed by atoms with Crippen molar-refractivity contribution in [1.29, 1.82) is 0 Å². The highest BCUT2D eigenvalue weighted by molar-refractivity contribution is 7.92. The lowest BCUT2D eigenvalue weighted by atomic mass is 10.0. The summed E-state index contributed by atoms with van der Waals surface area (Å²) < 4.78 is 32.4. The zero-order chi connectivity index (χ0) is 16.6. The Bertz CT molecular complexity index is 815. The summed E-state index contributed by atoms with van der Waals surface area (Å²) in [5, 5.41) is 10.1. The Morgan fingerprint density at radius 3 is 2.52 bits per heavy atom. The first kappa shape index (κ1) is 15.8. The molecule has 1 aliphatic heterocycles. The van der Waals surface area contributed by atoms with Crippen molar-refractivity contribution >= 4 is 15.7 Å². The number of aliphatic hydroxyl groups is 1. The Morgan fingerprint density at radius 2 is 1.87 bits per heavy atom. The minimum atomic E-state index is -3.73. The SMILES string of the molecule is COc1ccc2c(c1)N(S(=O)(=O)c1ccc(C)cc1)C[C@H](O)C2. The monoisotopic (exact) mass is 333 g/mol. The molecule has 0 bridgehead atoms. The number of methoxy groups -OCH3 is 1. The third-order valence-corrected chi connectivity index (χ3v) is 5.80. The Balaban J connectivity index is 2.11. The lowest BCUT2D eigenvalue weighted by molar-refractivity contribution is 0.180. The number of nitrogens with zero attached hydrogens (tertiary/aromatic N) is 1. The van der Waals surface area contributed by atoms with Crippen LogP contribution in [0.5, 0.6) is 5.75 Å². The number of hydrogen-bond acceptors (Lipinski definition) is 4. The number of benzene rings is 2. The van der Waals surface area contributed by atoms with Crippen LogP contribution in [0.3, 0.4) is 0 Å². The number of hydrogen-bond donors (Lipinski definition) is 1. The summed E-state index contributed by atoms with van der Waals surface area (Å²) in [6.07, 6.45) is -0.296. The molecular formula is C17H19NO4S. The van der Waals surface area contributed by atoms with Gasteiger partial charge in [0.05, 0.1) is 30.3 Å². The normalized spacial score (nSPS) is 17.7. The summed E-state index contributed by atoms with van der Waals surface area (Å²) in [7, 11) is -2.19. The molecule has 2 aromatic rings. The van der Waals surface area contributed by atoms with Gasteiger partial charge in [-0.05, 0) is 30.7 Å². The molecule has 1 aliphatic rings. The molecule has 5 nitrogen and oxygen atoms in total. The van der Waals surface area contributed by atoms with Crippen molar-refractivity contribution in [2.45, 2.75) is 24.3 Å². The van der Waals surface area contributed by atoms with Crippen LogP contribution in [0, 0.1) is 6.92 Å². The molecule has 1 atom stereocenters. The Kier molecular flexibility index (Phi) is 4.04. The molecule has 122 valence electrons. The molecule has 2 aromatic carbocycles. The molecule has 0 saturated carbocycles. The van der Waals surface area contributed by atoms with Crippen molar-refractivity contribution in [3.63, 3.8) is 0 Å². The van der Waals surface area contributed by atoms with Crippen LogP contribution in [0.4, 0.5) is 5.69 Å². The number of sulfonamides is 1. The maximum atomic E-state index is 13.0. The van der Waals surface area contributed by atoms with Gasteiger partial charge in [-0.1, -0.05) is 23.8 Å². The summed E-state index contributed by atoms with van der Waals surface area (Å²) in [6, 6.07) is 12.0. The number of anilines is 1. The average Bonchev–Trinajstić information content (AvgIpc) is 2.54. The molecule has 0 aromatic heterocycles. The summed E-state index contributed by atoms with van der Waals surface area (Å²) in [6.45, 7) is 1.94. The van der Waals surface area contributed by atoms with E-state index in [0.717, 1.165) is 11.1 Å². The van der Waals surface area contributed by atoms with Crippen molar-refractivity contribution in [2.75, 3.05) is 18.0 Å². The molecule has 0 fully saturated rings. The third kappa shape index (κ3) is 2.92. The van der Waals surface area contributed by atoms with Crippen LogP contribution < -0.4 is 9.04 Å². The van der Waals surface area contributed by atoms with Gasteiger partial charge in [0.15, 0.2) is 0 Å². The molecule has 1 heterocycles. The van der Waals surface area contributed by atoms with Crippen molar-refractivity contribution in [2.24, 2.45) is 0 Å². The van der Waals surface area contributed by atoms with E-state index >= 15 is 0 Å². The standard InChI is InChI=1S/C17H19NO4S/c1-12-3-7-16(8-4-12)23(20,21)18-11-14(19)9-13-5-6-15(22-2)10-17(13)18/h3-8,10,14,19H,9,11H2,1-2H3/t14-/m1/s1. The van der Waals surface area contributed by atoms with Crippen LogP contribution >= 0.6 is 0 Å². The van der Waals surface area contributed by atoms with Gasteiger partial charge in [0, 0.05) is 12.5 Å². The lowest BCUT2D eigenvalue weighted by Gasteiger charge is -2.33. The number of aliphatic hydroxyl groups excluding tert-OH is 1. The lowest BCUT2D eigenvalue weighted by Crippen LogP contribution is -2.42. The molecule has 0 amide bonds. The van der Waals surface area contributed by atoms with Crippen molar-refractivity contribution in [3.8, 4) is 5.75 Å². The minimum Gasteiger partial charge on any atom is -0.497 e. The zero-order valence-corrected chi connectivity index (χ0v) is 13.9. The van der Waals surface area contributed by atoms with E-state index in [-0.39, 0.29) is 11.4 Å². The molecule has 0 radical (unpaired) electrons. The molecule has 0 saturated heterocycles. The number of fused-ring (bicyclic) bond motifs is 1. The van der Waals surface area contributed by atoms with Gasteiger partial charge in [-0.15, -0.1) is 0 Å². The van der Waals surface area contributed by atoms with Gasteiger partial charge in [-0.25, -0.2) is 8.42 Å². The average molecular weight is 333 g/mol. The fourth-order valence-corrected chi connectivity index (χ4v) is 4.28. The molecular weight excluding hydrogens is 314 g/mol. The minimum absolute atomic E-state index is 0.0381. The Hall–Kier alpha value is -2.05. The molecule has 0 spiro atoms. The number of aryl methyl sites for hydroxylation is 1. The third-order valence-electron chi connectivity index (χ3n) is 4.00. The number of rotatable bonds is 3. The van der Waals surface area contributed by atoms with Gasteiger partial charge < -0.3 is 9.84 Å². The van der Waals surface area contributed by atoms with Gasteiger partial charge in [0.2, 0.25) is 0 Å². The number of β-amino-alcohol motifs (C(OH)–C–C–N with tert-alkyl or cyclic N) is 1. The topological polar surface area (TPSA) is 66.8 Å². The maximum Gasteiger partial charge on any atom is 0.264 e. The van der Waals surface area contributed by atoms with Crippen LogP contribution in [0.15, 0.2) is 47.4 Å². The van der Waals surface area contributed by atoms with E-state index in [4.69, 9.17) is 4.74 Å². The van der Waals surface area contributed by atoms with Crippen LogP contribution in [0.2, 0.25) is 0 Å². The molecule has 0 unspecified atom stereocenters. The van der Waals surface area contributed by atoms with Crippen molar-refractivity contribution in [3.05, 3.63) is 53.6 Å². The Morgan fingerprint density at radius 1 is 1.17 bits per heavy atom. The first-order valence-corrected chi connectivity index (χ1v) is 8.80. The van der Waals surface area contributed by atoms with E-state index in [1.54, 1.807) is 42.5 Å². The van der Waals surface area contributed by atoms with Crippen molar-refractivity contribution < 1.29 is 18.3 Å². The van der Waals surface area contributed by atoms with E-state index in [0.29, 0.717) is 17.9 Å². The summed E-state index contributed by atoms with van der Waals surface area (Å²) in [4.78, 5) is 0.214. The van der Waals surface area contributed by atoms with Crippen LogP contribution in [-0.2, 0) is 16.4 Å².